The molecule has 3 heteroatoms. The molecule has 2 bridgehead atoms. The van der Waals surface area contributed by atoms with Crippen LogP contribution in [0.25, 0.3) is 0 Å². The summed E-state index contributed by atoms with van der Waals surface area (Å²) in [6.07, 6.45) is 8.55. The lowest BCUT2D eigenvalue weighted by molar-refractivity contribution is 0.358. The molecule has 1 heterocycles. The van der Waals surface area contributed by atoms with Gasteiger partial charge in [0.1, 0.15) is 5.82 Å². The largest absolute Gasteiger partial charge is 0.337 e. The Kier molecular flexibility index (Phi) is 2.35. The van der Waals surface area contributed by atoms with Crippen molar-refractivity contribution in [1.29, 1.82) is 0 Å². The summed E-state index contributed by atoms with van der Waals surface area (Å²) in [4.78, 5) is 4.59. The third kappa shape index (κ3) is 1.37. The highest BCUT2D eigenvalue weighted by molar-refractivity contribution is 5.19. The quantitative estimate of drug-likeness (QED) is 0.882. The van der Waals surface area contributed by atoms with E-state index in [0.29, 0.717) is 6.04 Å². The van der Waals surface area contributed by atoms with Crippen LogP contribution >= 0.6 is 0 Å². The van der Waals surface area contributed by atoms with E-state index in [0.717, 1.165) is 36.1 Å². The van der Waals surface area contributed by atoms with E-state index in [9.17, 15) is 0 Å². The predicted molar refractivity (Wildman–Crippen MR) is 70.9 cm³/mol. The first-order chi connectivity index (χ1) is 8.81. The van der Waals surface area contributed by atoms with Gasteiger partial charge < -0.3 is 9.88 Å². The molecule has 3 aliphatic carbocycles. The van der Waals surface area contributed by atoms with Gasteiger partial charge in [0.05, 0.1) is 6.04 Å². The Morgan fingerprint density at radius 3 is 2.67 bits per heavy atom. The Hall–Kier alpha value is -0.830. The highest BCUT2D eigenvalue weighted by atomic mass is 15.1. The number of aromatic nitrogens is 2. The lowest BCUT2D eigenvalue weighted by Gasteiger charge is -2.21. The summed E-state index contributed by atoms with van der Waals surface area (Å²) in [5.74, 6) is 6.25. The van der Waals surface area contributed by atoms with Gasteiger partial charge in [-0.05, 0) is 55.4 Å². The maximum atomic E-state index is 4.59. The summed E-state index contributed by atoms with van der Waals surface area (Å²) in [6.45, 7) is 3.26. The van der Waals surface area contributed by atoms with E-state index in [1.807, 2.05) is 6.20 Å². The van der Waals surface area contributed by atoms with Crippen LogP contribution in [0.15, 0.2) is 12.4 Å². The minimum Gasteiger partial charge on any atom is -0.337 e. The molecule has 1 N–H and O–H groups in total. The van der Waals surface area contributed by atoms with Gasteiger partial charge in [-0.2, -0.15) is 0 Å². The van der Waals surface area contributed by atoms with Crippen molar-refractivity contribution >= 4 is 0 Å². The van der Waals surface area contributed by atoms with E-state index < -0.39 is 0 Å². The van der Waals surface area contributed by atoms with E-state index in [1.165, 1.54) is 25.1 Å². The Morgan fingerprint density at radius 1 is 1.39 bits per heavy atom. The summed E-state index contributed by atoms with van der Waals surface area (Å²) >= 11 is 0. The van der Waals surface area contributed by atoms with Crippen LogP contribution in [0, 0.1) is 29.6 Å². The smallest absolute Gasteiger partial charge is 0.125 e. The van der Waals surface area contributed by atoms with Crippen molar-refractivity contribution in [2.45, 2.75) is 32.2 Å². The van der Waals surface area contributed by atoms with Crippen LogP contribution < -0.4 is 5.32 Å². The van der Waals surface area contributed by atoms with E-state index in [4.69, 9.17) is 0 Å². The van der Waals surface area contributed by atoms with E-state index >= 15 is 0 Å². The molecule has 0 spiro atoms. The monoisotopic (exact) mass is 245 g/mol. The number of nitrogens with zero attached hydrogens (tertiary/aromatic N) is 2. The van der Waals surface area contributed by atoms with Gasteiger partial charge in [-0.1, -0.05) is 6.92 Å². The number of hydrogen-bond donors (Lipinski definition) is 1. The van der Waals surface area contributed by atoms with Crippen molar-refractivity contribution in [1.82, 2.24) is 14.9 Å². The fourth-order valence-corrected chi connectivity index (χ4v) is 5.13. The van der Waals surface area contributed by atoms with Crippen molar-refractivity contribution in [2.24, 2.45) is 36.6 Å². The lowest BCUT2D eigenvalue weighted by Crippen LogP contribution is -2.27. The zero-order valence-electron chi connectivity index (χ0n) is 11.3. The normalized spacial score (nSPS) is 42.0. The first kappa shape index (κ1) is 11.0. The molecule has 3 aliphatic rings. The number of nitrogens with one attached hydrogen (secondary N) is 1. The lowest BCUT2D eigenvalue weighted by atomic mass is 9.97. The minimum atomic E-state index is 0.494. The Morgan fingerprint density at radius 2 is 2.11 bits per heavy atom. The van der Waals surface area contributed by atoms with Gasteiger partial charge >= 0.3 is 0 Å². The van der Waals surface area contributed by atoms with Crippen molar-refractivity contribution in [3.8, 4) is 0 Å². The number of imidazole rings is 1. The van der Waals surface area contributed by atoms with Crippen molar-refractivity contribution < 1.29 is 0 Å². The highest BCUT2D eigenvalue weighted by Gasteiger charge is 2.67. The van der Waals surface area contributed by atoms with Gasteiger partial charge in [0.2, 0.25) is 0 Å². The molecule has 3 fully saturated rings. The van der Waals surface area contributed by atoms with Gasteiger partial charge in [-0.25, -0.2) is 4.98 Å². The average molecular weight is 245 g/mol. The molecule has 1 aromatic rings. The standard InChI is InChI=1S/C15H23N3/c1-3-16-14(15-17-6-7-18(15)2)13-11-9-4-5-10(8-9)12(11)13/h6-7,9-14,16H,3-5,8H2,1-2H3. The number of hydrogen-bond acceptors (Lipinski definition) is 2. The first-order valence-electron chi connectivity index (χ1n) is 7.52. The first-order valence-corrected chi connectivity index (χ1v) is 7.52. The van der Waals surface area contributed by atoms with Crippen LogP contribution in [0.1, 0.15) is 38.1 Å². The van der Waals surface area contributed by atoms with Crippen LogP contribution in [0.2, 0.25) is 0 Å². The predicted octanol–water partition coefficient (Wildman–Crippen LogP) is 2.36. The Bertz CT molecular complexity index is 436. The van der Waals surface area contributed by atoms with E-state index in [2.05, 4.69) is 35.0 Å². The van der Waals surface area contributed by atoms with Gasteiger partial charge in [0.25, 0.3) is 0 Å². The molecule has 5 unspecified atom stereocenters. The van der Waals surface area contributed by atoms with Crippen molar-refractivity contribution in [3.05, 3.63) is 18.2 Å². The molecule has 5 atom stereocenters. The van der Waals surface area contributed by atoms with Gasteiger partial charge in [0.15, 0.2) is 0 Å². The zero-order valence-corrected chi connectivity index (χ0v) is 11.3. The maximum absolute atomic E-state index is 4.59. The molecule has 18 heavy (non-hydrogen) atoms. The highest BCUT2D eigenvalue weighted by Crippen LogP contribution is 2.72. The topological polar surface area (TPSA) is 29.9 Å². The van der Waals surface area contributed by atoms with Gasteiger partial charge in [0, 0.05) is 19.4 Å². The Labute approximate surface area is 109 Å². The molecule has 0 saturated heterocycles. The molecule has 1 aromatic heterocycles. The molecule has 3 saturated carbocycles. The molecule has 0 radical (unpaired) electrons. The van der Waals surface area contributed by atoms with Gasteiger partial charge in [-0.3, -0.25) is 0 Å². The molecular formula is C15H23N3. The second kappa shape index (κ2) is 3.83. The van der Waals surface area contributed by atoms with E-state index in [-0.39, 0.29) is 0 Å². The third-order valence-electron chi connectivity index (χ3n) is 5.74. The molecule has 3 nitrogen and oxygen atoms in total. The minimum absolute atomic E-state index is 0.494. The molecule has 0 aromatic carbocycles. The van der Waals surface area contributed by atoms with Crippen molar-refractivity contribution in [3.63, 3.8) is 0 Å². The molecular weight excluding hydrogens is 222 g/mol. The molecule has 4 rings (SSSR count). The van der Waals surface area contributed by atoms with Crippen molar-refractivity contribution in [2.75, 3.05) is 6.54 Å². The molecule has 0 aliphatic heterocycles. The SMILES string of the molecule is CCNC(c1nccn1C)C1C2C3CCC(C3)C21. The van der Waals surface area contributed by atoms with Crippen LogP contribution in [0.4, 0.5) is 0 Å². The number of fused-ring (bicyclic) bond motifs is 5. The number of rotatable bonds is 4. The third-order valence-corrected chi connectivity index (χ3v) is 5.74. The fraction of sp³-hybridized carbons (Fsp3) is 0.800. The summed E-state index contributed by atoms with van der Waals surface area (Å²) in [6, 6.07) is 0.494. The summed E-state index contributed by atoms with van der Waals surface area (Å²) in [7, 11) is 2.12. The second-order valence-corrected chi connectivity index (χ2v) is 6.50. The van der Waals surface area contributed by atoms with E-state index in [1.54, 1.807) is 0 Å². The van der Waals surface area contributed by atoms with Crippen LogP contribution in [-0.2, 0) is 7.05 Å². The Balaban J connectivity index is 1.60. The average Bonchev–Trinajstić information content (AvgIpc) is 2.72. The van der Waals surface area contributed by atoms with Crippen LogP contribution in [0.5, 0.6) is 0 Å². The summed E-state index contributed by atoms with van der Waals surface area (Å²) in [5.41, 5.74) is 0. The summed E-state index contributed by atoms with van der Waals surface area (Å²) < 4.78 is 2.20. The second-order valence-electron chi connectivity index (χ2n) is 6.50. The summed E-state index contributed by atoms with van der Waals surface area (Å²) in [5, 5.41) is 3.70. The van der Waals surface area contributed by atoms with Gasteiger partial charge in [-0.15, -0.1) is 0 Å². The number of aryl methyl sites for hydroxylation is 1. The fourth-order valence-electron chi connectivity index (χ4n) is 5.13. The van der Waals surface area contributed by atoms with Crippen LogP contribution in [-0.4, -0.2) is 16.1 Å². The van der Waals surface area contributed by atoms with Crippen LogP contribution in [0.3, 0.4) is 0 Å². The molecule has 0 amide bonds. The molecule has 98 valence electrons. The zero-order chi connectivity index (χ0) is 12.3. The maximum Gasteiger partial charge on any atom is 0.125 e.